The monoisotopic (exact) mass is 592 g/mol. The molecule has 8 aliphatic carbocycles. The Bertz CT molecular complexity index is 1440. The van der Waals surface area contributed by atoms with Crippen molar-refractivity contribution in [2.24, 2.45) is 35.5 Å². The van der Waals surface area contributed by atoms with E-state index in [1.54, 1.807) is 12.1 Å². The van der Waals surface area contributed by atoms with E-state index in [-0.39, 0.29) is 22.3 Å². The van der Waals surface area contributed by atoms with Crippen LogP contribution in [0.3, 0.4) is 0 Å². The fourth-order valence-electron chi connectivity index (χ4n) is 11.9. The van der Waals surface area contributed by atoms with Crippen LogP contribution in [0, 0.1) is 35.5 Å². The summed E-state index contributed by atoms with van der Waals surface area (Å²) in [5.74, 6) is 7.65. The Balaban J connectivity index is 1.00. The van der Waals surface area contributed by atoms with Crippen molar-refractivity contribution < 1.29 is 19.7 Å². The second-order valence-electron chi connectivity index (χ2n) is 15.9. The van der Waals surface area contributed by atoms with Gasteiger partial charge in [-0.25, -0.2) is 0 Å². The van der Waals surface area contributed by atoms with Crippen LogP contribution < -0.4 is 20.9 Å². The highest BCUT2D eigenvalue weighted by atomic mass is 16.5. The molecule has 0 unspecified atom stereocenters. The predicted octanol–water partition coefficient (Wildman–Crippen LogP) is 8.78. The standard InChI is InChI=1S/C38H44N2O4/c39-31-11-29(37-15-21-5-22(16-37)7-23(6-21)17-37)35(13-33(31)41)43-27-1-2-28(4-3-27)44-36-14-34(42)32(40)12-30(36)38-18-24-8-25(19-38)10-26(9-24)20-38/h1-4,11-14,21-26,41-42H,5-10,15-20,39-40H2. The largest absolute Gasteiger partial charge is 0.506 e. The third-order valence-corrected chi connectivity index (χ3v) is 12.8. The highest BCUT2D eigenvalue weighted by Gasteiger charge is 2.54. The smallest absolute Gasteiger partial charge is 0.142 e. The topological polar surface area (TPSA) is 111 Å². The SMILES string of the molecule is Nc1cc(C23CC4CC(CC(C4)C2)C3)c(Oc2ccc(Oc3cc(O)c(N)cc3C34CC5CC(CC(C5)C3)C4)cc2)cc1O. The molecule has 8 aliphatic rings. The Hall–Kier alpha value is -3.54. The lowest BCUT2D eigenvalue weighted by atomic mass is 9.48. The summed E-state index contributed by atoms with van der Waals surface area (Å²) in [6, 6.07) is 15.1. The number of nitrogen functional groups attached to an aromatic ring is 2. The molecule has 3 aromatic rings. The number of phenols is 2. The van der Waals surface area contributed by atoms with Gasteiger partial charge in [0.2, 0.25) is 0 Å². The van der Waals surface area contributed by atoms with Crippen molar-refractivity contribution in [3.8, 4) is 34.5 Å². The van der Waals surface area contributed by atoms with E-state index in [0.29, 0.717) is 34.4 Å². The summed E-state index contributed by atoms with van der Waals surface area (Å²) in [5, 5.41) is 21.2. The molecule has 0 spiro atoms. The lowest BCUT2D eigenvalue weighted by Gasteiger charge is -2.57. The van der Waals surface area contributed by atoms with Gasteiger partial charge < -0.3 is 31.2 Å². The van der Waals surface area contributed by atoms with Crippen molar-refractivity contribution in [1.82, 2.24) is 0 Å². The first-order valence-corrected chi connectivity index (χ1v) is 16.9. The van der Waals surface area contributed by atoms with Crippen LogP contribution in [0.25, 0.3) is 0 Å². The van der Waals surface area contributed by atoms with Crippen LogP contribution in [0.4, 0.5) is 11.4 Å². The Morgan fingerprint density at radius 1 is 0.500 bits per heavy atom. The molecule has 6 N–H and O–H groups in total. The van der Waals surface area contributed by atoms with Gasteiger partial charge in [-0.15, -0.1) is 0 Å². The summed E-state index contributed by atoms with van der Waals surface area (Å²) in [5.41, 5.74) is 15.9. The number of benzene rings is 3. The second-order valence-corrected chi connectivity index (χ2v) is 15.9. The normalized spacial score (nSPS) is 36.1. The summed E-state index contributed by atoms with van der Waals surface area (Å²) >= 11 is 0. The van der Waals surface area contributed by atoms with Crippen molar-refractivity contribution in [3.63, 3.8) is 0 Å². The van der Waals surface area contributed by atoms with Crippen molar-refractivity contribution in [1.29, 1.82) is 0 Å². The lowest BCUT2D eigenvalue weighted by molar-refractivity contribution is -0.00613. The number of hydrogen-bond donors (Lipinski definition) is 4. The van der Waals surface area contributed by atoms with Crippen LogP contribution in [0.15, 0.2) is 48.5 Å². The highest BCUT2D eigenvalue weighted by Crippen LogP contribution is 2.64. The molecule has 6 heteroatoms. The molecule has 8 saturated carbocycles. The first kappa shape index (κ1) is 26.8. The van der Waals surface area contributed by atoms with Gasteiger partial charge in [0.1, 0.15) is 34.5 Å². The molecule has 44 heavy (non-hydrogen) atoms. The van der Waals surface area contributed by atoms with E-state index in [0.717, 1.165) is 46.6 Å². The van der Waals surface area contributed by atoms with E-state index < -0.39 is 0 Å². The van der Waals surface area contributed by atoms with Gasteiger partial charge in [0.05, 0.1) is 11.4 Å². The predicted molar refractivity (Wildman–Crippen MR) is 171 cm³/mol. The summed E-state index contributed by atoms with van der Waals surface area (Å²) in [6.45, 7) is 0. The summed E-state index contributed by atoms with van der Waals surface area (Å²) in [6.07, 6.45) is 15.3. The first-order chi connectivity index (χ1) is 21.2. The molecule has 6 nitrogen and oxygen atoms in total. The quantitative estimate of drug-likeness (QED) is 0.168. The Labute approximate surface area is 259 Å². The minimum Gasteiger partial charge on any atom is -0.506 e. The molecule has 8 bridgehead atoms. The van der Waals surface area contributed by atoms with E-state index >= 15 is 0 Å². The average Bonchev–Trinajstić information content (AvgIpc) is 2.96. The van der Waals surface area contributed by atoms with E-state index in [1.165, 1.54) is 77.0 Å². The second kappa shape index (κ2) is 9.48. The minimum absolute atomic E-state index is 0.0637. The molecule has 0 amide bonds. The third kappa shape index (κ3) is 4.27. The molecule has 230 valence electrons. The zero-order chi connectivity index (χ0) is 29.8. The molecule has 0 atom stereocenters. The van der Waals surface area contributed by atoms with E-state index in [4.69, 9.17) is 20.9 Å². The third-order valence-electron chi connectivity index (χ3n) is 12.8. The van der Waals surface area contributed by atoms with Crippen LogP contribution in [0.2, 0.25) is 0 Å². The Kier molecular flexibility index (Phi) is 5.78. The van der Waals surface area contributed by atoms with Crippen LogP contribution >= 0.6 is 0 Å². The fraction of sp³-hybridized carbons (Fsp3) is 0.526. The summed E-state index contributed by atoms with van der Waals surface area (Å²) in [7, 11) is 0. The van der Waals surface area contributed by atoms with Gasteiger partial charge in [0.25, 0.3) is 0 Å². The van der Waals surface area contributed by atoms with Gasteiger partial charge >= 0.3 is 0 Å². The average molecular weight is 593 g/mol. The van der Waals surface area contributed by atoms with Crippen LogP contribution in [-0.2, 0) is 10.8 Å². The van der Waals surface area contributed by atoms with Gasteiger partial charge in [-0.3, -0.25) is 0 Å². The molecule has 0 radical (unpaired) electrons. The molecule has 3 aromatic carbocycles. The molecule has 0 saturated heterocycles. The molecule has 11 rings (SSSR count). The Morgan fingerprint density at radius 2 is 0.795 bits per heavy atom. The van der Waals surface area contributed by atoms with Crippen molar-refractivity contribution >= 4 is 11.4 Å². The van der Waals surface area contributed by atoms with Gasteiger partial charge in [0, 0.05) is 23.3 Å². The molecular weight excluding hydrogens is 548 g/mol. The number of hydrogen-bond acceptors (Lipinski definition) is 6. The maximum Gasteiger partial charge on any atom is 0.142 e. The van der Waals surface area contributed by atoms with Crippen LogP contribution in [0.5, 0.6) is 34.5 Å². The van der Waals surface area contributed by atoms with Gasteiger partial charge in [-0.1, -0.05) is 0 Å². The molecule has 0 aromatic heterocycles. The molecular formula is C38H44N2O4. The maximum absolute atomic E-state index is 10.6. The summed E-state index contributed by atoms with van der Waals surface area (Å²) < 4.78 is 13.1. The Morgan fingerprint density at radius 3 is 1.09 bits per heavy atom. The zero-order valence-electron chi connectivity index (χ0n) is 25.4. The number of anilines is 2. The van der Waals surface area contributed by atoms with E-state index in [1.807, 2.05) is 36.4 Å². The minimum atomic E-state index is 0.0637. The van der Waals surface area contributed by atoms with Crippen molar-refractivity contribution in [2.75, 3.05) is 11.5 Å². The summed E-state index contributed by atoms with van der Waals surface area (Å²) in [4.78, 5) is 0. The lowest BCUT2D eigenvalue weighted by Crippen LogP contribution is -2.48. The number of rotatable bonds is 6. The van der Waals surface area contributed by atoms with Gasteiger partial charge in [0.15, 0.2) is 0 Å². The fourth-order valence-corrected chi connectivity index (χ4v) is 11.9. The number of nitrogens with two attached hydrogens (primary N) is 2. The first-order valence-electron chi connectivity index (χ1n) is 16.9. The maximum atomic E-state index is 10.6. The van der Waals surface area contributed by atoms with E-state index in [9.17, 15) is 10.2 Å². The molecule has 0 aliphatic heterocycles. The van der Waals surface area contributed by atoms with Gasteiger partial charge in [-0.05, 0) is 160 Å². The molecule has 8 fully saturated rings. The van der Waals surface area contributed by atoms with Crippen LogP contribution in [-0.4, -0.2) is 10.2 Å². The molecule has 0 heterocycles. The number of phenolic OH excluding ortho intramolecular Hbond substituents is 2. The van der Waals surface area contributed by atoms with E-state index in [2.05, 4.69) is 0 Å². The zero-order valence-corrected chi connectivity index (χ0v) is 25.4. The van der Waals surface area contributed by atoms with Crippen molar-refractivity contribution in [2.45, 2.75) is 87.9 Å². The van der Waals surface area contributed by atoms with Crippen LogP contribution in [0.1, 0.15) is 88.2 Å². The number of aromatic hydroxyl groups is 2. The highest BCUT2D eigenvalue weighted by molar-refractivity contribution is 5.62. The van der Waals surface area contributed by atoms with Crippen molar-refractivity contribution in [3.05, 3.63) is 59.7 Å². The number of ether oxygens (including phenoxy) is 2. The van der Waals surface area contributed by atoms with Gasteiger partial charge in [-0.2, -0.15) is 0 Å².